The van der Waals surface area contributed by atoms with Crippen LogP contribution < -0.4 is 58.7 Å². The minimum absolute atomic E-state index is 0. The summed E-state index contributed by atoms with van der Waals surface area (Å²) in [6.07, 6.45) is 0. The first-order chi connectivity index (χ1) is 8.00. The predicted molar refractivity (Wildman–Crippen MR) is 41.9 cm³/mol. The van der Waals surface area contributed by atoms with Crippen LogP contribution >= 0.6 is 31.3 Å². The van der Waals surface area contributed by atoms with Crippen LogP contribution in [0.5, 0.6) is 0 Å². The van der Waals surface area contributed by atoms with Gasteiger partial charge in [0.25, 0.3) is 0 Å². The van der Waals surface area contributed by atoms with Crippen molar-refractivity contribution in [3.63, 3.8) is 0 Å². The molecule has 0 aliphatic carbocycles. The van der Waals surface area contributed by atoms with Crippen molar-refractivity contribution in [2.24, 2.45) is 0 Å². The van der Waals surface area contributed by atoms with Crippen molar-refractivity contribution in [1.82, 2.24) is 0 Å². The second-order valence-electron chi connectivity index (χ2n) is 1.79. The third-order valence-electron chi connectivity index (χ3n) is 0. The maximum absolute atomic E-state index is 8.55. The zero-order chi connectivity index (χ0) is 18.0. The van der Waals surface area contributed by atoms with Crippen molar-refractivity contribution >= 4 is 107 Å². The van der Waals surface area contributed by atoms with Gasteiger partial charge in [-0.1, -0.05) is 0 Å². The Morgan fingerprint density at radius 1 is 0.318 bits per heavy atom. The summed E-state index contributed by atoms with van der Waals surface area (Å²) in [4.78, 5) is 103. The zero-order valence-electron chi connectivity index (χ0n) is 9.74. The van der Waals surface area contributed by atoms with Gasteiger partial charge in [-0.3, -0.25) is 0 Å². The summed E-state index contributed by atoms with van der Waals surface area (Å²) in [7, 11) is -21.6. The Balaban J connectivity index is -0.0000000376. The van der Waals surface area contributed by atoms with Crippen LogP contribution in [0.1, 0.15) is 0 Å². The van der Waals surface area contributed by atoms with E-state index in [4.69, 9.17) is 77.0 Å². The van der Waals surface area contributed by atoms with Gasteiger partial charge in [0.1, 0.15) is 0 Å². The van der Waals surface area contributed by atoms with Crippen molar-refractivity contribution in [3.8, 4) is 0 Å². The molecule has 0 amide bonds. The second-order valence-corrected chi connectivity index (χ2v) is 5.37. The van der Waals surface area contributed by atoms with Crippen LogP contribution in [-0.2, 0) is 18.3 Å². The van der Waals surface area contributed by atoms with E-state index in [1.165, 1.54) is 0 Å². The molecule has 0 rings (SSSR count). The molecule has 0 fully saturated rings. The molecular formula is Ca2O16P4-8. The van der Waals surface area contributed by atoms with Crippen molar-refractivity contribution in [1.29, 1.82) is 0 Å². The molecule has 0 bridgehead atoms. The zero-order valence-corrected chi connectivity index (χ0v) is 17.7. The van der Waals surface area contributed by atoms with Crippen LogP contribution in [0.2, 0.25) is 0 Å². The topological polar surface area (TPSA) is 345 Å². The number of rotatable bonds is 0. The summed E-state index contributed by atoms with van der Waals surface area (Å²) in [5.74, 6) is 0. The van der Waals surface area contributed by atoms with E-state index in [0.29, 0.717) is 0 Å². The van der Waals surface area contributed by atoms with E-state index in [-0.39, 0.29) is 75.5 Å². The third kappa shape index (κ3) is 1260. The summed E-state index contributed by atoms with van der Waals surface area (Å²) >= 11 is 0. The SMILES string of the molecule is O=P([O-])([O-])[O-].O=P([O-])([O-])[O-].O=P([O-])([O-])[O-].O=P([O-])([O-])[O-].[Ca+2].[Ca+2]. The fraction of sp³-hybridized carbons (Fsp3) is 0. The Morgan fingerprint density at radius 3 is 0.318 bits per heavy atom. The van der Waals surface area contributed by atoms with Gasteiger partial charge in [-0.25, -0.2) is 0 Å². The van der Waals surface area contributed by atoms with E-state index in [0.717, 1.165) is 0 Å². The first-order valence-corrected chi connectivity index (χ1v) is 8.76. The molecule has 0 N–H and O–H groups in total. The van der Waals surface area contributed by atoms with E-state index < -0.39 is 31.3 Å². The van der Waals surface area contributed by atoms with Crippen LogP contribution in [-0.4, -0.2) is 75.5 Å². The summed E-state index contributed by atoms with van der Waals surface area (Å²) < 4.78 is 34.2. The molecule has 0 spiro atoms. The summed E-state index contributed by atoms with van der Waals surface area (Å²) in [6.45, 7) is 0. The molecule has 16 nitrogen and oxygen atoms in total. The van der Waals surface area contributed by atoms with Gasteiger partial charge in [0.05, 0.1) is 0 Å². The molecule has 0 aromatic carbocycles. The molecule has 0 saturated heterocycles. The molecule has 0 unspecified atom stereocenters. The standard InChI is InChI=1S/2Ca.4H3O4P/c;;4*1-5(2,3)4/h;;4*(H3,1,2,3,4)/q2*+2;;;;/p-12. The van der Waals surface area contributed by atoms with Gasteiger partial charge < -0.3 is 77.0 Å². The molecule has 0 aliphatic heterocycles. The van der Waals surface area contributed by atoms with Gasteiger partial charge in [-0.05, 0) is 0 Å². The van der Waals surface area contributed by atoms with Crippen molar-refractivity contribution in [3.05, 3.63) is 0 Å². The molecule has 0 atom stereocenters. The minimum atomic E-state index is -5.39. The quantitative estimate of drug-likeness (QED) is 0.239. The van der Waals surface area contributed by atoms with Gasteiger partial charge in [-0.2, -0.15) is 31.3 Å². The van der Waals surface area contributed by atoms with Gasteiger partial charge >= 0.3 is 75.5 Å². The molecule has 22 heavy (non-hydrogen) atoms. The molecule has 0 saturated carbocycles. The molecule has 0 radical (unpaired) electrons. The molecule has 0 aromatic heterocycles. The average molecular weight is 460 g/mol. The molecule has 0 heterocycles. The summed E-state index contributed by atoms with van der Waals surface area (Å²) in [5.41, 5.74) is 0. The largest absolute Gasteiger partial charge is 2.00 e. The third-order valence-corrected chi connectivity index (χ3v) is 0. The Morgan fingerprint density at radius 2 is 0.318 bits per heavy atom. The minimum Gasteiger partial charge on any atom is -0.822 e. The Labute approximate surface area is 181 Å². The molecule has 0 aromatic rings. The Kier molecular flexibility index (Phi) is 31.5. The van der Waals surface area contributed by atoms with Gasteiger partial charge in [0, 0.05) is 0 Å². The summed E-state index contributed by atoms with van der Waals surface area (Å²) in [5, 5.41) is 0. The van der Waals surface area contributed by atoms with Gasteiger partial charge in [-0.15, -0.1) is 0 Å². The van der Waals surface area contributed by atoms with Crippen LogP contribution in [0.4, 0.5) is 0 Å². The molecule has 0 aliphatic rings. The average Bonchev–Trinajstić information content (AvgIpc) is 1.62. The second kappa shape index (κ2) is 17.4. The van der Waals surface area contributed by atoms with E-state index in [1.807, 2.05) is 0 Å². The maximum Gasteiger partial charge on any atom is 2.00 e. The van der Waals surface area contributed by atoms with E-state index in [9.17, 15) is 0 Å². The summed E-state index contributed by atoms with van der Waals surface area (Å²) in [6, 6.07) is 0. The normalized spacial score (nSPS) is 10.7. The van der Waals surface area contributed by atoms with Gasteiger partial charge in [0.2, 0.25) is 0 Å². The molecule has 128 valence electrons. The van der Waals surface area contributed by atoms with E-state index in [2.05, 4.69) is 0 Å². The van der Waals surface area contributed by atoms with Crippen molar-refractivity contribution < 1.29 is 77.0 Å². The van der Waals surface area contributed by atoms with Crippen LogP contribution in [0, 0.1) is 0 Å². The van der Waals surface area contributed by atoms with Crippen molar-refractivity contribution in [2.45, 2.75) is 0 Å². The Hall–Kier alpha value is 2.96. The van der Waals surface area contributed by atoms with Crippen molar-refractivity contribution in [2.75, 3.05) is 0 Å². The van der Waals surface area contributed by atoms with Gasteiger partial charge in [0.15, 0.2) is 0 Å². The predicted octanol–water partition coefficient (Wildman–Crippen LogP) is -12.1. The fourth-order valence-corrected chi connectivity index (χ4v) is 0. The fourth-order valence-electron chi connectivity index (χ4n) is 0. The number of hydrogen-bond donors (Lipinski definition) is 0. The number of hydrogen-bond acceptors (Lipinski definition) is 16. The number of phosphoric acid groups is 4. The van der Waals surface area contributed by atoms with Crippen LogP contribution in [0.15, 0.2) is 0 Å². The van der Waals surface area contributed by atoms with E-state index >= 15 is 0 Å². The van der Waals surface area contributed by atoms with E-state index in [1.54, 1.807) is 0 Å². The maximum atomic E-state index is 8.55. The first kappa shape index (κ1) is 39.9. The Bertz CT molecular complexity index is 289. The van der Waals surface area contributed by atoms with Crippen LogP contribution in [0.3, 0.4) is 0 Å². The molecule has 22 heteroatoms. The smallest absolute Gasteiger partial charge is 0.822 e. The van der Waals surface area contributed by atoms with Crippen LogP contribution in [0.25, 0.3) is 0 Å². The molecular weight excluding hydrogens is 460 g/mol. The monoisotopic (exact) mass is 460 g/mol. The first-order valence-electron chi connectivity index (χ1n) is 2.92.